The van der Waals surface area contributed by atoms with Gasteiger partial charge in [-0.1, -0.05) is 30.3 Å². The molecule has 1 aromatic rings. The lowest BCUT2D eigenvalue weighted by molar-refractivity contribution is -0.208. The summed E-state index contributed by atoms with van der Waals surface area (Å²) in [6.07, 6.45) is -5.06. The number of esters is 3. The third-order valence-corrected chi connectivity index (χ3v) is 4.25. The summed E-state index contributed by atoms with van der Waals surface area (Å²) in [5.74, 6) is -1.69. The molecule has 2 fully saturated rings. The molecule has 2 heterocycles. The molecule has 0 amide bonds. The van der Waals surface area contributed by atoms with Crippen LogP contribution in [0.1, 0.15) is 32.6 Å². The molecule has 0 bridgehead atoms. The maximum absolute atomic E-state index is 11.6. The Morgan fingerprint density at radius 3 is 2.29 bits per heavy atom. The van der Waals surface area contributed by atoms with Crippen LogP contribution in [0.4, 0.5) is 0 Å². The molecular weight excluding hydrogens is 372 g/mol. The molecule has 0 aromatic heterocycles. The molecule has 0 spiro atoms. The lowest BCUT2D eigenvalue weighted by Crippen LogP contribution is -2.46. The van der Waals surface area contributed by atoms with E-state index in [1.54, 1.807) is 0 Å². The SMILES string of the molecule is CC(=O)OCC(OC(C)=O)[C@H]1O[C@@H]2OC(c3ccccc3)O[C@@H]2[C@H]1OC(C)=O. The molecular formula is C19H22O9. The molecule has 2 aliphatic heterocycles. The average molecular weight is 394 g/mol. The smallest absolute Gasteiger partial charge is 0.303 e. The monoisotopic (exact) mass is 394 g/mol. The van der Waals surface area contributed by atoms with E-state index in [0.717, 1.165) is 5.56 Å². The fraction of sp³-hybridized carbons (Fsp3) is 0.526. The van der Waals surface area contributed by atoms with Gasteiger partial charge in [-0.2, -0.15) is 0 Å². The van der Waals surface area contributed by atoms with Crippen LogP contribution >= 0.6 is 0 Å². The number of carbonyl (C=O) groups excluding carboxylic acids is 3. The molecule has 9 nitrogen and oxygen atoms in total. The largest absolute Gasteiger partial charge is 0.462 e. The Bertz CT molecular complexity index is 719. The lowest BCUT2D eigenvalue weighted by atomic mass is 10.1. The minimum Gasteiger partial charge on any atom is -0.462 e. The molecule has 2 aliphatic rings. The Hall–Kier alpha value is -2.49. The fourth-order valence-corrected chi connectivity index (χ4v) is 3.20. The van der Waals surface area contributed by atoms with Gasteiger partial charge in [-0.25, -0.2) is 0 Å². The first-order valence-corrected chi connectivity index (χ1v) is 8.84. The van der Waals surface area contributed by atoms with Crippen LogP contribution in [-0.2, 0) is 42.8 Å². The van der Waals surface area contributed by atoms with Gasteiger partial charge in [0.25, 0.3) is 0 Å². The molecule has 0 saturated carbocycles. The highest BCUT2D eigenvalue weighted by atomic mass is 16.8. The van der Waals surface area contributed by atoms with E-state index in [-0.39, 0.29) is 6.61 Å². The summed E-state index contributed by atoms with van der Waals surface area (Å²) in [6, 6.07) is 9.24. The minimum atomic E-state index is -0.987. The van der Waals surface area contributed by atoms with E-state index in [4.69, 9.17) is 28.4 Å². The molecule has 3 rings (SSSR count). The summed E-state index contributed by atoms with van der Waals surface area (Å²) in [5, 5.41) is 0. The zero-order chi connectivity index (χ0) is 20.3. The Kier molecular flexibility index (Phi) is 6.28. The summed E-state index contributed by atoms with van der Waals surface area (Å²) < 4.78 is 33.2. The first-order chi connectivity index (χ1) is 13.3. The van der Waals surface area contributed by atoms with Gasteiger partial charge in [0.15, 0.2) is 30.9 Å². The van der Waals surface area contributed by atoms with Crippen molar-refractivity contribution in [2.24, 2.45) is 0 Å². The van der Waals surface area contributed by atoms with Crippen molar-refractivity contribution in [3.8, 4) is 0 Å². The van der Waals surface area contributed by atoms with E-state index in [2.05, 4.69) is 0 Å². The van der Waals surface area contributed by atoms with E-state index in [9.17, 15) is 14.4 Å². The molecule has 9 heteroatoms. The molecule has 2 saturated heterocycles. The quantitative estimate of drug-likeness (QED) is 0.520. The van der Waals surface area contributed by atoms with Gasteiger partial charge in [-0.05, 0) is 0 Å². The Morgan fingerprint density at radius 1 is 0.964 bits per heavy atom. The number of benzene rings is 1. The van der Waals surface area contributed by atoms with Gasteiger partial charge in [-0.3, -0.25) is 14.4 Å². The second kappa shape index (κ2) is 8.68. The molecule has 1 aromatic carbocycles. The van der Waals surface area contributed by atoms with Crippen LogP contribution in [0, 0.1) is 0 Å². The van der Waals surface area contributed by atoms with Crippen molar-refractivity contribution in [1.29, 1.82) is 0 Å². The molecule has 28 heavy (non-hydrogen) atoms. The molecule has 0 N–H and O–H groups in total. The van der Waals surface area contributed by atoms with Gasteiger partial charge in [0.2, 0.25) is 0 Å². The molecule has 0 aliphatic carbocycles. The van der Waals surface area contributed by atoms with Crippen molar-refractivity contribution in [1.82, 2.24) is 0 Å². The van der Waals surface area contributed by atoms with Crippen molar-refractivity contribution < 1.29 is 42.8 Å². The van der Waals surface area contributed by atoms with Gasteiger partial charge < -0.3 is 28.4 Å². The van der Waals surface area contributed by atoms with E-state index in [1.165, 1.54) is 20.8 Å². The van der Waals surface area contributed by atoms with Crippen molar-refractivity contribution in [3.63, 3.8) is 0 Å². The van der Waals surface area contributed by atoms with Gasteiger partial charge in [0.05, 0.1) is 0 Å². The van der Waals surface area contributed by atoms with E-state index in [1.807, 2.05) is 30.3 Å². The second-order valence-electron chi connectivity index (χ2n) is 6.47. The normalized spacial score (nSPS) is 29.6. The number of ether oxygens (including phenoxy) is 6. The minimum absolute atomic E-state index is 0.251. The molecule has 0 radical (unpaired) electrons. The van der Waals surface area contributed by atoms with Crippen LogP contribution in [0.3, 0.4) is 0 Å². The van der Waals surface area contributed by atoms with Crippen molar-refractivity contribution in [3.05, 3.63) is 35.9 Å². The maximum atomic E-state index is 11.6. The van der Waals surface area contributed by atoms with Crippen molar-refractivity contribution in [2.45, 2.75) is 57.8 Å². The predicted molar refractivity (Wildman–Crippen MR) is 91.5 cm³/mol. The molecule has 2 unspecified atom stereocenters. The summed E-state index contributed by atoms with van der Waals surface area (Å²) in [7, 11) is 0. The summed E-state index contributed by atoms with van der Waals surface area (Å²) in [6.45, 7) is 3.45. The second-order valence-corrected chi connectivity index (χ2v) is 6.47. The zero-order valence-corrected chi connectivity index (χ0v) is 15.7. The number of carbonyl (C=O) groups is 3. The van der Waals surface area contributed by atoms with Crippen LogP contribution in [0.25, 0.3) is 0 Å². The first-order valence-electron chi connectivity index (χ1n) is 8.84. The van der Waals surface area contributed by atoms with Crippen molar-refractivity contribution in [2.75, 3.05) is 6.61 Å². The zero-order valence-electron chi connectivity index (χ0n) is 15.7. The summed E-state index contributed by atoms with van der Waals surface area (Å²) in [4.78, 5) is 34.3. The van der Waals surface area contributed by atoms with Gasteiger partial charge in [0, 0.05) is 26.3 Å². The third kappa shape index (κ3) is 4.67. The van der Waals surface area contributed by atoms with Crippen LogP contribution in [0.2, 0.25) is 0 Å². The van der Waals surface area contributed by atoms with Gasteiger partial charge in [-0.15, -0.1) is 0 Å². The van der Waals surface area contributed by atoms with Crippen LogP contribution in [0.5, 0.6) is 0 Å². The summed E-state index contributed by atoms with van der Waals surface area (Å²) in [5.41, 5.74) is 0.787. The number of hydrogen-bond acceptors (Lipinski definition) is 9. The Labute approximate surface area is 161 Å². The highest BCUT2D eigenvalue weighted by molar-refractivity contribution is 5.67. The Morgan fingerprint density at radius 2 is 1.68 bits per heavy atom. The van der Waals surface area contributed by atoms with Crippen molar-refractivity contribution >= 4 is 17.9 Å². The van der Waals surface area contributed by atoms with Crippen LogP contribution in [-0.4, -0.2) is 55.2 Å². The number of rotatable bonds is 6. The topological polar surface area (TPSA) is 107 Å². The van der Waals surface area contributed by atoms with E-state index < -0.39 is 54.9 Å². The fourth-order valence-electron chi connectivity index (χ4n) is 3.20. The van der Waals surface area contributed by atoms with Gasteiger partial charge >= 0.3 is 17.9 Å². The Balaban J connectivity index is 1.78. The molecule has 152 valence electrons. The maximum Gasteiger partial charge on any atom is 0.303 e. The van der Waals surface area contributed by atoms with Crippen LogP contribution in [0.15, 0.2) is 30.3 Å². The average Bonchev–Trinajstić information content (AvgIpc) is 3.18. The highest BCUT2D eigenvalue weighted by Gasteiger charge is 2.57. The molecule has 6 atom stereocenters. The van der Waals surface area contributed by atoms with E-state index in [0.29, 0.717) is 0 Å². The third-order valence-electron chi connectivity index (χ3n) is 4.25. The van der Waals surface area contributed by atoms with Crippen LogP contribution < -0.4 is 0 Å². The van der Waals surface area contributed by atoms with E-state index >= 15 is 0 Å². The first kappa shape index (κ1) is 20.2. The standard InChI is InChI=1S/C19H22O9/c1-10(20)23-9-14(24-11(2)21)15-16(25-12(3)22)17-19(26-15)28-18(27-17)13-7-5-4-6-8-13/h4-8,14-19H,9H2,1-3H3/t14?,15-,16+,17-,18?,19-/m1/s1. The predicted octanol–water partition coefficient (Wildman–Crippen LogP) is 1.25. The highest BCUT2D eigenvalue weighted by Crippen LogP contribution is 2.41. The summed E-state index contributed by atoms with van der Waals surface area (Å²) >= 11 is 0. The lowest BCUT2D eigenvalue weighted by Gasteiger charge is -2.28. The van der Waals surface area contributed by atoms with Gasteiger partial charge in [0.1, 0.15) is 12.7 Å². The number of fused-ring (bicyclic) bond motifs is 1. The number of hydrogen-bond donors (Lipinski definition) is 0.